The smallest absolute Gasteiger partial charge is 0.377 e. The predicted molar refractivity (Wildman–Crippen MR) is 60.4 cm³/mol. The Kier molecular flexibility index (Phi) is 3.76. The van der Waals surface area contributed by atoms with Crippen molar-refractivity contribution in [2.75, 3.05) is 5.75 Å². The Hall–Kier alpha value is -0.165. The van der Waals surface area contributed by atoms with Crippen LogP contribution in [0.15, 0.2) is 12.7 Å². The van der Waals surface area contributed by atoms with Crippen molar-refractivity contribution < 1.29 is 17.6 Å². The Morgan fingerprint density at radius 1 is 1.33 bits per heavy atom. The molecule has 0 saturated carbocycles. The third-order valence-electron chi connectivity index (χ3n) is 2.67. The van der Waals surface area contributed by atoms with Crippen molar-refractivity contribution in [1.82, 2.24) is 0 Å². The van der Waals surface area contributed by atoms with Crippen LogP contribution in [0.4, 0.5) is 0 Å². The van der Waals surface area contributed by atoms with Crippen LogP contribution < -0.4 is 0 Å². The van der Waals surface area contributed by atoms with E-state index in [2.05, 4.69) is 6.58 Å². The average Bonchev–Trinajstić information content (AvgIpc) is 2.19. The summed E-state index contributed by atoms with van der Waals surface area (Å²) in [5.41, 5.74) is -0.925. The molecule has 1 heterocycles. The molecule has 0 aromatic carbocycles. The van der Waals surface area contributed by atoms with E-state index in [9.17, 15) is 4.21 Å². The molecule has 0 amide bonds. The van der Waals surface area contributed by atoms with Crippen molar-refractivity contribution >= 4 is 18.4 Å². The first-order chi connectivity index (χ1) is 6.78. The van der Waals surface area contributed by atoms with E-state index in [1.807, 2.05) is 27.7 Å². The molecule has 1 fully saturated rings. The lowest BCUT2D eigenvalue weighted by Crippen LogP contribution is -2.41. The third-order valence-corrected chi connectivity index (χ3v) is 3.55. The molecule has 0 bridgehead atoms. The number of rotatable bonds is 4. The van der Waals surface area contributed by atoms with Crippen LogP contribution in [0.5, 0.6) is 0 Å². The van der Waals surface area contributed by atoms with E-state index in [1.54, 1.807) is 0 Å². The van der Waals surface area contributed by atoms with Gasteiger partial charge in [0.25, 0.3) is 0 Å². The zero-order valence-electron chi connectivity index (χ0n) is 9.61. The summed E-state index contributed by atoms with van der Waals surface area (Å²) in [4.78, 5) is 0. The zero-order valence-corrected chi connectivity index (χ0v) is 10.4. The van der Waals surface area contributed by atoms with Gasteiger partial charge in [-0.3, -0.25) is 4.10 Å². The second kappa shape index (κ2) is 4.37. The largest absolute Gasteiger partial charge is 0.653 e. The first-order valence-corrected chi connectivity index (χ1v) is 6.05. The summed E-state index contributed by atoms with van der Waals surface area (Å²) < 4.78 is 27.4. The minimum Gasteiger partial charge on any atom is -0.377 e. The standard InChI is InChI=1S/C9H17BO4S/c1-6-7-15(11)14-10-12-8(2,3)9(4,5)13-10/h6H,1,7H2,2-5H3. The van der Waals surface area contributed by atoms with Crippen LogP contribution in [0.1, 0.15) is 27.7 Å². The molecule has 1 aliphatic rings. The minimum atomic E-state index is -1.44. The SMILES string of the molecule is C=CCS(=O)OB1OC(C)(C)C(C)(C)O1. The minimum absolute atomic E-state index is 0.268. The van der Waals surface area contributed by atoms with Gasteiger partial charge in [0.2, 0.25) is 0 Å². The van der Waals surface area contributed by atoms with Gasteiger partial charge in [0, 0.05) is 0 Å². The summed E-state index contributed by atoms with van der Waals surface area (Å²) in [5.74, 6) is 0.268. The van der Waals surface area contributed by atoms with E-state index >= 15 is 0 Å². The zero-order chi connectivity index (χ0) is 11.7. The summed E-state index contributed by atoms with van der Waals surface area (Å²) in [6, 6.07) is 0. The molecular weight excluding hydrogens is 215 g/mol. The van der Waals surface area contributed by atoms with Crippen LogP contribution in [0, 0.1) is 0 Å². The first-order valence-electron chi connectivity index (χ1n) is 4.80. The first kappa shape index (κ1) is 12.9. The van der Waals surface area contributed by atoms with Gasteiger partial charge in [-0.1, -0.05) is 6.08 Å². The van der Waals surface area contributed by atoms with Gasteiger partial charge >= 0.3 is 7.32 Å². The molecule has 6 heteroatoms. The lowest BCUT2D eigenvalue weighted by atomic mass is 9.90. The van der Waals surface area contributed by atoms with E-state index in [4.69, 9.17) is 13.4 Å². The third kappa shape index (κ3) is 2.90. The van der Waals surface area contributed by atoms with Gasteiger partial charge in [-0.15, -0.1) is 6.58 Å². The van der Waals surface area contributed by atoms with Crippen LogP contribution in [-0.4, -0.2) is 28.5 Å². The van der Waals surface area contributed by atoms with Crippen LogP contribution in [0.25, 0.3) is 0 Å². The van der Waals surface area contributed by atoms with Gasteiger partial charge in [-0.2, -0.15) is 0 Å². The van der Waals surface area contributed by atoms with Crippen molar-refractivity contribution in [1.29, 1.82) is 0 Å². The Labute approximate surface area is 93.8 Å². The molecule has 0 aromatic heterocycles. The highest BCUT2D eigenvalue weighted by Crippen LogP contribution is 2.36. The Morgan fingerprint density at radius 3 is 2.20 bits per heavy atom. The summed E-state index contributed by atoms with van der Waals surface area (Å²) in [6.45, 7) is 11.1. The summed E-state index contributed by atoms with van der Waals surface area (Å²) in [6.07, 6.45) is 1.53. The van der Waals surface area contributed by atoms with E-state index in [0.29, 0.717) is 0 Å². The van der Waals surface area contributed by atoms with Crippen molar-refractivity contribution in [2.24, 2.45) is 0 Å². The highest BCUT2D eigenvalue weighted by atomic mass is 32.2. The number of hydrogen-bond donors (Lipinski definition) is 0. The van der Waals surface area contributed by atoms with Gasteiger partial charge in [-0.05, 0) is 27.7 Å². The molecule has 0 aliphatic carbocycles. The molecule has 4 nitrogen and oxygen atoms in total. The number of hydrogen-bond acceptors (Lipinski definition) is 4. The molecular formula is C9H17BO4S. The average molecular weight is 232 g/mol. The van der Waals surface area contributed by atoms with Crippen LogP contribution in [-0.2, 0) is 24.5 Å². The van der Waals surface area contributed by atoms with E-state index < -0.39 is 29.6 Å². The Balaban J connectivity index is 2.56. The predicted octanol–water partition coefficient (Wildman–Crippen LogP) is 1.44. The molecule has 0 N–H and O–H groups in total. The molecule has 0 spiro atoms. The molecule has 1 aliphatic heterocycles. The highest BCUT2D eigenvalue weighted by Gasteiger charge is 2.53. The van der Waals surface area contributed by atoms with Crippen molar-refractivity contribution in [3.05, 3.63) is 12.7 Å². The normalized spacial score (nSPS) is 25.2. The summed E-state index contributed by atoms with van der Waals surface area (Å²) in [7, 11) is -0.865. The fraction of sp³-hybridized carbons (Fsp3) is 0.778. The van der Waals surface area contributed by atoms with Crippen LogP contribution in [0.3, 0.4) is 0 Å². The van der Waals surface area contributed by atoms with Gasteiger partial charge < -0.3 is 9.31 Å². The Bertz CT molecular complexity index is 261. The molecule has 1 unspecified atom stereocenters. The highest BCUT2D eigenvalue weighted by molar-refractivity contribution is 7.81. The Morgan fingerprint density at radius 2 is 1.80 bits per heavy atom. The van der Waals surface area contributed by atoms with Crippen LogP contribution in [0.2, 0.25) is 0 Å². The molecule has 15 heavy (non-hydrogen) atoms. The second-order valence-electron chi connectivity index (χ2n) is 4.40. The van der Waals surface area contributed by atoms with E-state index in [0.717, 1.165) is 0 Å². The van der Waals surface area contributed by atoms with Gasteiger partial charge in [-0.25, -0.2) is 4.21 Å². The molecule has 1 rings (SSSR count). The second-order valence-corrected chi connectivity index (χ2v) is 5.53. The van der Waals surface area contributed by atoms with Crippen LogP contribution >= 0.6 is 0 Å². The monoisotopic (exact) mass is 232 g/mol. The van der Waals surface area contributed by atoms with Gasteiger partial charge in [0.05, 0.1) is 17.0 Å². The van der Waals surface area contributed by atoms with Gasteiger partial charge in [0.15, 0.2) is 0 Å². The summed E-state index contributed by atoms with van der Waals surface area (Å²) >= 11 is -1.44. The molecule has 0 radical (unpaired) electrons. The lowest BCUT2D eigenvalue weighted by molar-refractivity contribution is 0.00578. The molecule has 1 atom stereocenters. The van der Waals surface area contributed by atoms with Crippen molar-refractivity contribution in [3.63, 3.8) is 0 Å². The van der Waals surface area contributed by atoms with E-state index in [-0.39, 0.29) is 5.75 Å². The van der Waals surface area contributed by atoms with Crippen molar-refractivity contribution in [3.8, 4) is 0 Å². The maximum atomic E-state index is 11.3. The van der Waals surface area contributed by atoms with Gasteiger partial charge in [0.1, 0.15) is 11.1 Å². The maximum Gasteiger partial charge on any atom is 0.653 e. The quantitative estimate of drug-likeness (QED) is 0.543. The molecule has 86 valence electrons. The van der Waals surface area contributed by atoms with E-state index in [1.165, 1.54) is 6.08 Å². The lowest BCUT2D eigenvalue weighted by Gasteiger charge is -2.31. The molecule has 0 aromatic rings. The molecule has 1 saturated heterocycles. The fourth-order valence-corrected chi connectivity index (χ4v) is 1.58. The topological polar surface area (TPSA) is 44.8 Å². The summed E-state index contributed by atoms with van der Waals surface area (Å²) in [5, 5.41) is 0. The maximum absolute atomic E-state index is 11.3. The fourth-order valence-electron chi connectivity index (χ4n) is 1.05. The van der Waals surface area contributed by atoms with Crippen molar-refractivity contribution in [2.45, 2.75) is 38.9 Å².